The number of anilines is 3. The fraction of sp³-hybridized carbons (Fsp3) is 0.105. The van der Waals surface area contributed by atoms with Gasteiger partial charge in [-0.3, -0.25) is 9.59 Å². The fourth-order valence-corrected chi connectivity index (χ4v) is 2.42. The van der Waals surface area contributed by atoms with Crippen molar-refractivity contribution in [1.29, 1.82) is 5.26 Å². The molecule has 0 fully saturated rings. The van der Waals surface area contributed by atoms with Crippen molar-refractivity contribution in [2.24, 2.45) is 0 Å². The molecule has 0 spiro atoms. The van der Waals surface area contributed by atoms with E-state index >= 15 is 0 Å². The number of carbonyl (C=O) groups is 2. The summed E-state index contributed by atoms with van der Waals surface area (Å²) in [6.45, 7) is 3.06. The Bertz CT molecular complexity index is 914. The number of nitrogens with two attached hydrogens (primary N) is 1. The van der Waals surface area contributed by atoms with Crippen LogP contribution in [0.4, 0.5) is 17.1 Å². The van der Waals surface area contributed by atoms with E-state index in [1.165, 1.54) is 25.3 Å². The second kappa shape index (κ2) is 8.19. The molecule has 6 nitrogen and oxygen atoms in total. The lowest BCUT2D eigenvalue weighted by Gasteiger charge is -2.19. The van der Waals surface area contributed by atoms with Crippen LogP contribution in [0.3, 0.4) is 0 Å². The maximum atomic E-state index is 12.7. The Hall–Kier alpha value is -3.30. The number of nitrogens with one attached hydrogen (secondary N) is 1. The van der Waals surface area contributed by atoms with Gasteiger partial charge in [0, 0.05) is 29.5 Å². The molecule has 0 heterocycles. The molecule has 7 heteroatoms. The summed E-state index contributed by atoms with van der Waals surface area (Å²) in [7, 11) is 0. The molecule has 2 rings (SSSR count). The summed E-state index contributed by atoms with van der Waals surface area (Å²) in [5.41, 5.74) is 7.66. The number of nitriles is 1. The molecule has 0 atom stereocenters. The maximum Gasteiger partial charge on any atom is 0.277 e. The molecule has 0 aliphatic carbocycles. The van der Waals surface area contributed by atoms with Crippen molar-refractivity contribution in [2.75, 3.05) is 16.0 Å². The summed E-state index contributed by atoms with van der Waals surface area (Å²) >= 11 is 6.05. The van der Waals surface area contributed by atoms with Crippen LogP contribution in [-0.2, 0) is 9.59 Å². The summed E-state index contributed by atoms with van der Waals surface area (Å²) in [5, 5.41) is 12.8. The lowest BCUT2D eigenvalue weighted by atomic mass is 10.2. The smallest absolute Gasteiger partial charge is 0.277 e. The Balaban J connectivity index is 2.33. The quantitative estimate of drug-likeness (QED) is 0.487. The Morgan fingerprint density at radius 1 is 1.23 bits per heavy atom. The van der Waals surface area contributed by atoms with Crippen molar-refractivity contribution in [2.45, 2.75) is 13.8 Å². The van der Waals surface area contributed by atoms with Gasteiger partial charge in [-0.05, 0) is 48.9 Å². The molecule has 26 heavy (non-hydrogen) atoms. The summed E-state index contributed by atoms with van der Waals surface area (Å²) in [6.07, 6.45) is 1.26. The predicted octanol–water partition coefficient (Wildman–Crippen LogP) is 3.63. The molecule has 0 bridgehead atoms. The number of imide groups is 1. The Morgan fingerprint density at radius 2 is 1.88 bits per heavy atom. The highest BCUT2D eigenvalue weighted by Gasteiger charge is 2.24. The average Bonchev–Trinajstić information content (AvgIpc) is 2.60. The molecule has 2 aromatic rings. The van der Waals surface area contributed by atoms with Gasteiger partial charge in [0.2, 0.25) is 5.91 Å². The third kappa shape index (κ3) is 4.21. The number of nitrogens with zero attached hydrogens (tertiary/aromatic N) is 2. The molecule has 0 saturated carbocycles. The van der Waals surface area contributed by atoms with Gasteiger partial charge in [-0.2, -0.15) is 5.26 Å². The SMILES string of the molecule is CC(=O)N(C(=O)/C(C#N)=C\Nc1cccc(Cl)c1C)c1ccc(N)cc1. The van der Waals surface area contributed by atoms with Crippen molar-refractivity contribution >= 4 is 40.5 Å². The third-order valence-corrected chi connectivity index (χ3v) is 4.07. The van der Waals surface area contributed by atoms with E-state index in [1.807, 2.05) is 13.0 Å². The molecule has 0 aromatic heterocycles. The lowest BCUT2D eigenvalue weighted by Crippen LogP contribution is -2.36. The van der Waals surface area contributed by atoms with Crippen LogP contribution in [0.1, 0.15) is 12.5 Å². The third-order valence-electron chi connectivity index (χ3n) is 3.66. The predicted molar refractivity (Wildman–Crippen MR) is 103 cm³/mol. The molecule has 0 aliphatic heterocycles. The number of hydrogen-bond donors (Lipinski definition) is 2. The van der Waals surface area contributed by atoms with Gasteiger partial charge in [-0.25, -0.2) is 4.90 Å². The van der Waals surface area contributed by atoms with Gasteiger partial charge in [0.1, 0.15) is 11.6 Å². The first-order chi connectivity index (χ1) is 12.3. The van der Waals surface area contributed by atoms with Crippen LogP contribution in [0.5, 0.6) is 0 Å². The van der Waals surface area contributed by atoms with E-state index in [9.17, 15) is 14.9 Å². The van der Waals surface area contributed by atoms with Crippen LogP contribution >= 0.6 is 11.6 Å². The summed E-state index contributed by atoms with van der Waals surface area (Å²) < 4.78 is 0. The largest absolute Gasteiger partial charge is 0.399 e. The Labute approximate surface area is 156 Å². The van der Waals surface area contributed by atoms with Crippen molar-refractivity contribution in [3.05, 3.63) is 64.8 Å². The first kappa shape index (κ1) is 19.0. The zero-order valence-electron chi connectivity index (χ0n) is 14.3. The highest BCUT2D eigenvalue weighted by atomic mass is 35.5. The van der Waals surface area contributed by atoms with Crippen LogP contribution in [0.25, 0.3) is 0 Å². The van der Waals surface area contributed by atoms with E-state index in [4.69, 9.17) is 17.3 Å². The van der Waals surface area contributed by atoms with Crippen LogP contribution in [0, 0.1) is 18.3 Å². The summed E-state index contributed by atoms with van der Waals surface area (Å²) in [5.74, 6) is -1.25. The van der Waals surface area contributed by atoms with Gasteiger partial charge in [0.05, 0.1) is 5.69 Å². The fourth-order valence-electron chi connectivity index (χ4n) is 2.24. The average molecular weight is 369 g/mol. The van der Waals surface area contributed by atoms with Crippen LogP contribution in [0.15, 0.2) is 54.2 Å². The van der Waals surface area contributed by atoms with E-state index < -0.39 is 11.8 Å². The van der Waals surface area contributed by atoms with Gasteiger partial charge in [-0.1, -0.05) is 17.7 Å². The molecule has 0 unspecified atom stereocenters. The summed E-state index contributed by atoms with van der Waals surface area (Å²) in [6, 6.07) is 13.3. The normalized spacial score (nSPS) is 10.8. The molecule has 0 saturated heterocycles. The topological polar surface area (TPSA) is 99.2 Å². The Kier molecular flexibility index (Phi) is 5.99. The van der Waals surface area contributed by atoms with E-state index in [0.717, 1.165) is 10.5 Å². The van der Waals surface area contributed by atoms with Gasteiger partial charge in [0.15, 0.2) is 0 Å². The second-order valence-electron chi connectivity index (χ2n) is 5.48. The van der Waals surface area contributed by atoms with Gasteiger partial charge < -0.3 is 11.1 Å². The Morgan fingerprint density at radius 3 is 2.46 bits per heavy atom. The molecule has 2 amide bonds. The van der Waals surface area contributed by atoms with E-state index in [2.05, 4.69) is 5.32 Å². The van der Waals surface area contributed by atoms with Crippen molar-refractivity contribution in [3.8, 4) is 6.07 Å². The molecular formula is C19H17ClN4O2. The number of benzene rings is 2. The van der Waals surface area contributed by atoms with E-state index in [-0.39, 0.29) is 5.57 Å². The molecule has 3 N–H and O–H groups in total. The molecule has 0 radical (unpaired) electrons. The van der Waals surface area contributed by atoms with E-state index in [0.29, 0.717) is 22.1 Å². The standard InChI is InChI=1S/C19H17ClN4O2/c1-12-17(20)4-3-5-18(12)23-11-14(10-21)19(26)24(13(2)25)16-8-6-15(22)7-9-16/h3-9,11,23H,22H2,1-2H3/b14-11-. The van der Waals surface area contributed by atoms with E-state index in [1.54, 1.807) is 30.3 Å². The van der Waals surface area contributed by atoms with Gasteiger partial charge in [-0.15, -0.1) is 0 Å². The number of amides is 2. The number of rotatable bonds is 4. The monoisotopic (exact) mass is 368 g/mol. The molecule has 132 valence electrons. The first-order valence-corrected chi connectivity index (χ1v) is 8.05. The highest BCUT2D eigenvalue weighted by molar-refractivity contribution is 6.31. The molecule has 2 aromatic carbocycles. The minimum absolute atomic E-state index is 0.226. The maximum absolute atomic E-state index is 12.7. The zero-order chi connectivity index (χ0) is 19.3. The highest BCUT2D eigenvalue weighted by Crippen LogP contribution is 2.23. The number of hydrogen-bond acceptors (Lipinski definition) is 5. The number of carbonyl (C=O) groups excluding carboxylic acids is 2. The number of halogens is 1. The van der Waals surface area contributed by atoms with Gasteiger partial charge in [0.25, 0.3) is 5.91 Å². The summed E-state index contributed by atoms with van der Waals surface area (Å²) in [4.78, 5) is 25.6. The van der Waals surface area contributed by atoms with Gasteiger partial charge >= 0.3 is 0 Å². The first-order valence-electron chi connectivity index (χ1n) is 7.67. The zero-order valence-corrected chi connectivity index (χ0v) is 15.0. The van der Waals surface area contributed by atoms with Crippen molar-refractivity contribution in [1.82, 2.24) is 0 Å². The minimum atomic E-state index is -0.739. The van der Waals surface area contributed by atoms with Crippen LogP contribution < -0.4 is 16.0 Å². The van der Waals surface area contributed by atoms with Crippen LogP contribution in [0.2, 0.25) is 5.02 Å². The van der Waals surface area contributed by atoms with Crippen LogP contribution in [-0.4, -0.2) is 11.8 Å². The second-order valence-corrected chi connectivity index (χ2v) is 5.88. The van der Waals surface area contributed by atoms with Crippen molar-refractivity contribution in [3.63, 3.8) is 0 Å². The van der Waals surface area contributed by atoms with Crippen molar-refractivity contribution < 1.29 is 9.59 Å². The minimum Gasteiger partial charge on any atom is -0.399 e. The molecule has 0 aliphatic rings. The lowest BCUT2D eigenvalue weighted by molar-refractivity contribution is -0.123. The number of nitrogen functional groups attached to an aromatic ring is 1. The molecular weight excluding hydrogens is 352 g/mol.